The molecule has 0 saturated carbocycles. The number of rotatable bonds is 2. The summed E-state index contributed by atoms with van der Waals surface area (Å²) in [5.74, 6) is 2.10. The molecule has 0 unspecified atom stereocenters. The molecule has 8 nitrogen and oxygen atoms in total. The fourth-order valence-electron chi connectivity index (χ4n) is 3.97. The van der Waals surface area contributed by atoms with Gasteiger partial charge in [0.15, 0.2) is 0 Å². The first-order valence-corrected chi connectivity index (χ1v) is 9.58. The van der Waals surface area contributed by atoms with Gasteiger partial charge in [-0.05, 0) is 6.07 Å². The third-order valence-corrected chi connectivity index (χ3v) is 5.65. The van der Waals surface area contributed by atoms with E-state index < -0.39 is 0 Å². The number of morpholine rings is 2. The van der Waals surface area contributed by atoms with Gasteiger partial charge in [0.2, 0.25) is 5.95 Å². The van der Waals surface area contributed by atoms with Crippen LogP contribution in [0.15, 0.2) is 12.3 Å². The van der Waals surface area contributed by atoms with Gasteiger partial charge in [0.25, 0.3) is 0 Å². The molecule has 142 valence electrons. The molecular weight excluding hydrogens is 368 g/mol. The Balaban J connectivity index is 1.65. The maximum absolute atomic E-state index is 6.50. The molecule has 2 aromatic rings. The van der Waals surface area contributed by atoms with E-state index in [2.05, 4.69) is 14.8 Å². The highest BCUT2D eigenvalue weighted by atomic mass is 35.5. The number of ether oxygens (including phenoxy) is 2. The number of halogens is 1. The fourth-order valence-corrected chi connectivity index (χ4v) is 4.22. The molecule has 9 heteroatoms. The van der Waals surface area contributed by atoms with Gasteiger partial charge >= 0.3 is 0 Å². The van der Waals surface area contributed by atoms with Crippen molar-refractivity contribution in [2.75, 3.05) is 61.6 Å². The van der Waals surface area contributed by atoms with Crippen LogP contribution < -0.4 is 15.5 Å². The normalized spacial score (nSPS) is 21.9. The minimum Gasteiger partial charge on any atom is -0.384 e. The van der Waals surface area contributed by atoms with E-state index in [1.54, 1.807) is 12.3 Å². The second kappa shape index (κ2) is 6.78. The topological polar surface area (TPSA) is 89.6 Å². The summed E-state index contributed by atoms with van der Waals surface area (Å²) in [5.41, 5.74) is 8.53. The highest BCUT2D eigenvalue weighted by Crippen LogP contribution is 2.41. The molecule has 5 rings (SSSR count). The number of nitrogen functional groups attached to an aromatic ring is 1. The fraction of sp³-hybridized carbons (Fsp3) is 0.500. The number of nitrogens with zero attached hydrogens (tertiary/aromatic N) is 5. The molecule has 0 bridgehead atoms. The summed E-state index contributed by atoms with van der Waals surface area (Å²) in [4.78, 5) is 18.6. The smallest absolute Gasteiger partial charge is 0.228 e. The predicted molar refractivity (Wildman–Crippen MR) is 103 cm³/mol. The van der Waals surface area contributed by atoms with Crippen molar-refractivity contribution < 1.29 is 9.47 Å². The number of hydrogen-bond donors (Lipinski definition) is 1. The lowest BCUT2D eigenvalue weighted by Gasteiger charge is -2.32. The largest absolute Gasteiger partial charge is 0.384 e. The number of nitrogens with two attached hydrogens (primary N) is 1. The molecule has 0 amide bonds. The molecule has 2 saturated heterocycles. The van der Waals surface area contributed by atoms with Crippen molar-refractivity contribution in [2.45, 2.75) is 12.5 Å². The van der Waals surface area contributed by atoms with Gasteiger partial charge in [-0.2, -0.15) is 4.98 Å². The summed E-state index contributed by atoms with van der Waals surface area (Å²) in [6.45, 7) is 5.17. The van der Waals surface area contributed by atoms with E-state index in [9.17, 15) is 0 Å². The van der Waals surface area contributed by atoms with Gasteiger partial charge in [-0.3, -0.25) is 0 Å². The van der Waals surface area contributed by atoms with Gasteiger partial charge in [-0.1, -0.05) is 11.6 Å². The third-order valence-electron chi connectivity index (χ3n) is 5.34. The monoisotopic (exact) mass is 388 g/mol. The summed E-state index contributed by atoms with van der Waals surface area (Å²) in [6.07, 6.45) is 2.55. The van der Waals surface area contributed by atoms with Gasteiger partial charge in [-0.15, -0.1) is 0 Å². The predicted octanol–water partition coefficient (Wildman–Crippen LogP) is 1.37. The Hall–Kier alpha value is -2.16. The van der Waals surface area contributed by atoms with Crippen molar-refractivity contribution in [3.63, 3.8) is 0 Å². The zero-order valence-electron chi connectivity index (χ0n) is 14.9. The van der Waals surface area contributed by atoms with Crippen molar-refractivity contribution >= 4 is 29.2 Å². The first-order chi connectivity index (χ1) is 13.2. The molecule has 3 aliphatic heterocycles. The van der Waals surface area contributed by atoms with E-state index in [-0.39, 0.29) is 0 Å². The van der Waals surface area contributed by atoms with E-state index in [1.165, 1.54) is 0 Å². The molecule has 0 aliphatic carbocycles. The first kappa shape index (κ1) is 17.0. The lowest BCUT2D eigenvalue weighted by atomic mass is 10.0. The van der Waals surface area contributed by atoms with Crippen molar-refractivity contribution in [1.82, 2.24) is 15.0 Å². The van der Waals surface area contributed by atoms with Crippen molar-refractivity contribution in [3.8, 4) is 11.3 Å². The Bertz CT molecular complexity index is 873. The van der Waals surface area contributed by atoms with Crippen LogP contribution in [-0.4, -0.2) is 67.1 Å². The molecular formula is C18H21ClN6O2. The number of aromatic nitrogens is 3. The van der Waals surface area contributed by atoms with E-state index >= 15 is 0 Å². The number of anilines is 3. The zero-order valence-corrected chi connectivity index (χ0v) is 15.7. The molecule has 2 fully saturated rings. The lowest BCUT2D eigenvalue weighted by Crippen LogP contribution is -2.43. The first-order valence-electron chi connectivity index (χ1n) is 9.20. The number of fused-ring (bicyclic) bond motifs is 3. The summed E-state index contributed by atoms with van der Waals surface area (Å²) >= 11 is 6.50. The minimum atomic E-state index is 0.294. The van der Waals surface area contributed by atoms with Crippen molar-refractivity contribution in [2.24, 2.45) is 0 Å². The van der Waals surface area contributed by atoms with Crippen LogP contribution in [0.5, 0.6) is 0 Å². The van der Waals surface area contributed by atoms with Gasteiger partial charge < -0.3 is 25.0 Å². The van der Waals surface area contributed by atoms with Gasteiger partial charge in [-0.25, -0.2) is 9.97 Å². The molecule has 0 aromatic carbocycles. The van der Waals surface area contributed by atoms with Crippen LogP contribution in [0.1, 0.15) is 5.56 Å². The molecule has 2 aromatic heterocycles. The van der Waals surface area contributed by atoms with Gasteiger partial charge in [0, 0.05) is 43.4 Å². The van der Waals surface area contributed by atoms with E-state index in [1.807, 2.05) is 0 Å². The Kier molecular flexibility index (Phi) is 4.26. The Morgan fingerprint density at radius 2 is 1.93 bits per heavy atom. The van der Waals surface area contributed by atoms with Crippen LogP contribution in [0, 0.1) is 0 Å². The highest BCUT2D eigenvalue weighted by Gasteiger charge is 2.37. The van der Waals surface area contributed by atoms with Gasteiger partial charge in [0.05, 0.1) is 43.2 Å². The maximum atomic E-state index is 6.50. The van der Waals surface area contributed by atoms with Crippen LogP contribution in [0.4, 0.5) is 17.6 Å². The molecule has 2 N–H and O–H groups in total. The van der Waals surface area contributed by atoms with E-state index in [0.29, 0.717) is 49.3 Å². The van der Waals surface area contributed by atoms with Gasteiger partial charge in [0.1, 0.15) is 11.6 Å². The van der Waals surface area contributed by atoms with Crippen LogP contribution in [0.25, 0.3) is 11.3 Å². The maximum Gasteiger partial charge on any atom is 0.228 e. The van der Waals surface area contributed by atoms with Crippen molar-refractivity contribution in [1.29, 1.82) is 0 Å². The average Bonchev–Trinajstić information content (AvgIpc) is 3.07. The molecule has 0 radical (unpaired) electrons. The SMILES string of the molecule is Nc1cc(Cl)c(-c2nc(N3CCOCC3)nc3c2C[C@H]2COCCN32)cn1. The number of hydrogen-bond acceptors (Lipinski definition) is 8. The summed E-state index contributed by atoms with van der Waals surface area (Å²) < 4.78 is 11.2. The lowest BCUT2D eigenvalue weighted by molar-refractivity contribution is 0.0974. The Morgan fingerprint density at radius 3 is 2.74 bits per heavy atom. The summed E-state index contributed by atoms with van der Waals surface area (Å²) in [7, 11) is 0. The quantitative estimate of drug-likeness (QED) is 0.825. The molecule has 27 heavy (non-hydrogen) atoms. The second-order valence-corrected chi connectivity index (χ2v) is 7.40. The molecule has 5 heterocycles. The second-order valence-electron chi connectivity index (χ2n) is 6.99. The number of pyridine rings is 1. The third kappa shape index (κ3) is 2.97. The summed E-state index contributed by atoms with van der Waals surface area (Å²) in [5, 5.41) is 0.553. The minimum absolute atomic E-state index is 0.294. The summed E-state index contributed by atoms with van der Waals surface area (Å²) in [6, 6.07) is 1.97. The Morgan fingerprint density at radius 1 is 1.11 bits per heavy atom. The van der Waals surface area contributed by atoms with Crippen molar-refractivity contribution in [3.05, 3.63) is 22.8 Å². The zero-order chi connectivity index (χ0) is 18.4. The van der Waals surface area contributed by atoms with E-state index in [0.717, 1.165) is 48.7 Å². The standard InChI is InChI=1S/C18H21ClN6O2/c19-14-8-15(20)21-9-13(14)16-12-7-11-10-27-6-3-25(11)17(12)23-18(22-16)24-1-4-26-5-2-24/h8-9,11H,1-7,10H2,(H2,20,21)/t11-/m0/s1. The van der Waals surface area contributed by atoms with E-state index in [4.69, 9.17) is 36.8 Å². The molecule has 1 atom stereocenters. The van der Waals surface area contributed by atoms with Crippen LogP contribution in [0.2, 0.25) is 5.02 Å². The molecule has 3 aliphatic rings. The Labute approximate surface area is 162 Å². The molecule has 0 spiro atoms. The average molecular weight is 389 g/mol. The van der Waals surface area contributed by atoms with Crippen LogP contribution in [-0.2, 0) is 15.9 Å². The van der Waals surface area contributed by atoms with Crippen LogP contribution in [0.3, 0.4) is 0 Å². The highest BCUT2D eigenvalue weighted by molar-refractivity contribution is 6.33. The van der Waals surface area contributed by atoms with Crippen LogP contribution >= 0.6 is 11.6 Å².